The molecule has 3 N–H and O–H groups in total. The van der Waals surface area contributed by atoms with Crippen molar-refractivity contribution in [2.75, 3.05) is 13.6 Å². The lowest BCUT2D eigenvalue weighted by Crippen LogP contribution is -2.52. The van der Waals surface area contributed by atoms with E-state index in [1.807, 2.05) is 25.2 Å². The Morgan fingerprint density at radius 1 is 1.31 bits per heavy atom. The minimum atomic E-state index is -0.565. The van der Waals surface area contributed by atoms with Crippen LogP contribution in [0.4, 0.5) is 0 Å². The summed E-state index contributed by atoms with van der Waals surface area (Å²) in [7, 11) is 1.94. The van der Waals surface area contributed by atoms with E-state index < -0.39 is 6.04 Å². The van der Waals surface area contributed by atoms with Crippen LogP contribution in [0.5, 0.6) is 0 Å². The number of carbonyl (C=O) groups is 3. The number of piperidine rings is 1. The van der Waals surface area contributed by atoms with Crippen molar-refractivity contribution in [3.05, 3.63) is 34.9 Å². The highest BCUT2D eigenvalue weighted by atomic mass is 16.2. The quantitative estimate of drug-likeness (QED) is 0.489. The van der Waals surface area contributed by atoms with E-state index in [9.17, 15) is 14.4 Å². The van der Waals surface area contributed by atoms with Crippen LogP contribution < -0.4 is 16.0 Å². The molecule has 0 saturated carbocycles. The van der Waals surface area contributed by atoms with Crippen LogP contribution in [0.2, 0.25) is 0 Å². The third-order valence-corrected chi connectivity index (χ3v) is 5.20. The normalized spacial score (nSPS) is 20.9. The number of nitrogens with one attached hydrogen (secondary N) is 3. The SMILES string of the molecule is CNC(C)CCNCc1cccc2c1C(=O)N(C1CCC(=O)NC1=O)C2. The molecule has 0 radical (unpaired) electrons. The van der Waals surface area contributed by atoms with Crippen molar-refractivity contribution >= 4 is 17.7 Å². The number of hydrogen-bond acceptors (Lipinski definition) is 5. The van der Waals surface area contributed by atoms with Gasteiger partial charge in [0.1, 0.15) is 6.04 Å². The van der Waals surface area contributed by atoms with Crippen molar-refractivity contribution in [2.24, 2.45) is 0 Å². The van der Waals surface area contributed by atoms with Crippen LogP contribution in [-0.4, -0.2) is 48.3 Å². The van der Waals surface area contributed by atoms with Crippen LogP contribution in [0.1, 0.15) is 47.7 Å². The van der Waals surface area contributed by atoms with Gasteiger partial charge >= 0.3 is 0 Å². The van der Waals surface area contributed by atoms with Gasteiger partial charge in [-0.1, -0.05) is 18.2 Å². The molecule has 2 atom stereocenters. The van der Waals surface area contributed by atoms with Crippen LogP contribution >= 0.6 is 0 Å². The topological polar surface area (TPSA) is 90.5 Å². The van der Waals surface area contributed by atoms with Crippen molar-refractivity contribution in [2.45, 2.75) is 51.4 Å². The van der Waals surface area contributed by atoms with Crippen LogP contribution in [0, 0.1) is 0 Å². The second-order valence-corrected chi connectivity index (χ2v) is 7.01. The summed E-state index contributed by atoms with van der Waals surface area (Å²) in [5, 5.41) is 8.93. The zero-order valence-corrected chi connectivity index (χ0v) is 15.3. The molecule has 1 fully saturated rings. The molecule has 140 valence electrons. The lowest BCUT2D eigenvalue weighted by atomic mass is 10.0. The molecule has 26 heavy (non-hydrogen) atoms. The molecule has 1 aromatic carbocycles. The standard InChI is InChI=1S/C19H26N4O3/c1-12(20-2)8-9-21-10-13-4-3-5-14-11-23(19(26)17(13)14)15-6-7-16(24)22-18(15)25/h3-5,12,15,20-21H,6-11H2,1-2H3,(H,22,24,25). The molecule has 1 aromatic rings. The summed E-state index contributed by atoms with van der Waals surface area (Å²) in [6.07, 6.45) is 1.66. The molecular formula is C19H26N4O3. The van der Waals surface area contributed by atoms with Gasteiger partial charge in [-0.15, -0.1) is 0 Å². The summed E-state index contributed by atoms with van der Waals surface area (Å²) < 4.78 is 0. The first kappa shape index (κ1) is 18.5. The van der Waals surface area contributed by atoms with Crippen LogP contribution in [0.15, 0.2) is 18.2 Å². The zero-order chi connectivity index (χ0) is 18.7. The average molecular weight is 358 g/mol. The minimum absolute atomic E-state index is 0.115. The molecule has 7 nitrogen and oxygen atoms in total. The number of hydrogen-bond donors (Lipinski definition) is 3. The first-order valence-corrected chi connectivity index (χ1v) is 9.14. The Morgan fingerprint density at radius 3 is 2.85 bits per heavy atom. The summed E-state index contributed by atoms with van der Waals surface area (Å²) in [6, 6.07) is 5.72. The predicted octanol–water partition coefficient (Wildman–Crippen LogP) is 0.535. The molecule has 2 unspecified atom stereocenters. The fourth-order valence-corrected chi connectivity index (χ4v) is 3.52. The Hall–Kier alpha value is -2.25. The summed E-state index contributed by atoms with van der Waals surface area (Å²) in [5.74, 6) is -0.755. The second kappa shape index (κ2) is 7.97. The molecule has 2 heterocycles. The van der Waals surface area contributed by atoms with E-state index in [0.29, 0.717) is 31.1 Å². The highest BCUT2D eigenvalue weighted by Crippen LogP contribution is 2.29. The summed E-state index contributed by atoms with van der Waals surface area (Å²) in [6.45, 7) is 4.03. The molecule has 0 aromatic heterocycles. The molecule has 7 heteroatoms. The fourth-order valence-electron chi connectivity index (χ4n) is 3.52. The van der Waals surface area contributed by atoms with Crippen LogP contribution in [-0.2, 0) is 22.7 Å². The van der Waals surface area contributed by atoms with Gasteiger partial charge in [-0.25, -0.2) is 0 Å². The van der Waals surface area contributed by atoms with E-state index in [0.717, 1.165) is 24.1 Å². The Labute approximate surface area is 153 Å². The second-order valence-electron chi connectivity index (χ2n) is 7.01. The van der Waals surface area contributed by atoms with Gasteiger partial charge < -0.3 is 15.5 Å². The van der Waals surface area contributed by atoms with Crippen molar-refractivity contribution in [1.82, 2.24) is 20.9 Å². The van der Waals surface area contributed by atoms with Gasteiger partial charge in [0.2, 0.25) is 11.8 Å². The van der Waals surface area contributed by atoms with E-state index in [1.165, 1.54) is 0 Å². The first-order chi connectivity index (χ1) is 12.5. The molecule has 0 bridgehead atoms. The van der Waals surface area contributed by atoms with E-state index in [-0.39, 0.29) is 24.1 Å². The van der Waals surface area contributed by atoms with Gasteiger partial charge in [0.15, 0.2) is 0 Å². The summed E-state index contributed by atoms with van der Waals surface area (Å²) in [4.78, 5) is 38.0. The van der Waals surface area contributed by atoms with Crippen LogP contribution in [0.3, 0.4) is 0 Å². The minimum Gasteiger partial charge on any atom is -0.322 e. The number of rotatable bonds is 7. The molecule has 3 amide bonds. The first-order valence-electron chi connectivity index (χ1n) is 9.14. The summed E-state index contributed by atoms with van der Waals surface area (Å²) in [5.41, 5.74) is 2.60. The highest BCUT2D eigenvalue weighted by Gasteiger charge is 2.39. The highest BCUT2D eigenvalue weighted by molar-refractivity contribution is 6.05. The average Bonchev–Trinajstić information content (AvgIpc) is 2.96. The molecule has 3 rings (SSSR count). The number of benzene rings is 1. The molecule has 0 spiro atoms. The maximum Gasteiger partial charge on any atom is 0.255 e. The Kier molecular flexibility index (Phi) is 5.68. The zero-order valence-electron chi connectivity index (χ0n) is 15.3. The maximum atomic E-state index is 13.0. The van der Waals surface area contributed by atoms with Gasteiger partial charge in [-0.05, 0) is 44.5 Å². The number of imide groups is 1. The Balaban J connectivity index is 1.68. The van der Waals surface area contributed by atoms with Gasteiger partial charge in [0.05, 0.1) is 0 Å². The van der Waals surface area contributed by atoms with Crippen molar-refractivity contribution in [3.8, 4) is 0 Å². The van der Waals surface area contributed by atoms with Crippen molar-refractivity contribution < 1.29 is 14.4 Å². The summed E-state index contributed by atoms with van der Waals surface area (Å²) >= 11 is 0. The maximum absolute atomic E-state index is 13.0. The lowest BCUT2D eigenvalue weighted by molar-refractivity contribution is -0.136. The molecular weight excluding hydrogens is 332 g/mol. The number of carbonyl (C=O) groups excluding carboxylic acids is 3. The Morgan fingerprint density at radius 2 is 2.12 bits per heavy atom. The largest absolute Gasteiger partial charge is 0.322 e. The monoisotopic (exact) mass is 358 g/mol. The Bertz CT molecular complexity index is 719. The van der Waals surface area contributed by atoms with E-state index in [2.05, 4.69) is 22.9 Å². The molecule has 2 aliphatic rings. The predicted molar refractivity (Wildman–Crippen MR) is 97.3 cm³/mol. The van der Waals surface area contributed by atoms with E-state index in [1.54, 1.807) is 4.90 Å². The van der Waals surface area contributed by atoms with Crippen molar-refractivity contribution in [3.63, 3.8) is 0 Å². The fraction of sp³-hybridized carbons (Fsp3) is 0.526. The van der Waals surface area contributed by atoms with Gasteiger partial charge in [0.25, 0.3) is 5.91 Å². The smallest absolute Gasteiger partial charge is 0.255 e. The molecule has 0 aliphatic carbocycles. The van der Waals surface area contributed by atoms with Crippen molar-refractivity contribution in [1.29, 1.82) is 0 Å². The van der Waals surface area contributed by atoms with Gasteiger partial charge in [0, 0.05) is 31.1 Å². The number of fused-ring (bicyclic) bond motifs is 1. The van der Waals surface area contributed by atoms with Gasteiger partial charge in [-0.3, -0.25) is 19.7 Å². The molecule has 1 saturated heterocycles. The lowest BCUT2D eigenvalue weighted by Gasteiger charge is -2.29. The van der Waals surface area contributed by atoms with Crippen LogP contribution in [0.25, 0.3) is 0 Å². The molecule has 2 aliphatic heterocycles. The van der Waals surface area contributed by atoms with E-state index in [4.69, 9.17) is 0 Å². The number of nitrogens with zero attached hydrogens (tertiary/aromatic N) is 1. The number of amides is 3. The van der Waals surface area contributed by atoms with E-state index >= 15 is 0 Å². The third-order valence-electron chi connectivity index (χ3n) is 5.20. The third kappa shape index (κ3) is 3.78. The van der Waals surface area contributed by atoms with Gasteiger partial charge in [-0.2, -0.15) is 0 Å².